The normalized spacial score (nSPS) is 10.6. The first-order valence-corrected chi connectivity index (χ1v) is 7.81. The van der Waals surface area contributed by atoms with Crippen LogP contribution in [0.4, 0.5) is 4.79 Å². The van der Waals surface area contributed by atoms with Crippen LogP contribution in [0, 0.1) is 6.92 Å². The molecule has 0 saturated carbocycles. The van der Waals surface area contributed by atoms with Gasteiger partial charge < -0.3 is 14.8 Å². The fourth-order valence-electron chi connectivity index (χ4n) is 2.07. The van der Waals surface area contributed by atoms with E-state index in [0.717, 1.165) is 16.7 Å². The fourth-order valence-corrected chi connectivity index (χ4v) is 2.07. The number of methoxy groups -OCH3 is 1. The maximum atomic E-state index is 11.6. The second kappa shape index (κ2) is 9.35. The van der Waals surface area contributed by atoms with Gasteiger partial charge in [0.2, 0.25) is 5.88 Å². The van der Waals surface area contributed by atoms with Crippen molar-refractivity contribution >= 4 is 12.2 Å². The number of benzene rings is 1. The van der Waals surface area contributed by atoms with Gasteiger partial charge in [0.1, 0.15) is 6.61 Å². The molecular formula is C19H22N2O3. The average molecular weight is 326 g/mol. The molecule has 1 heterocycles. The highest BCUT2D eigenvalue weighted by Gasteiger charge is 2.01. The summed E-state index contributed by atoms with van der Waals surface area (Å²) in [4.78, 5) is 15.8. The minimum absolute atomic E-state index is 0.277. The van der Waals surface area contributed by atoms with Gasteiger partial charge in [0, 0.05) is 18.8 Å². The molecule has 1 amide bonds. The van der Waals surface area contributed by atoms with Crippen molar-refractivity contribution in [2.75, 3.05) is 13.7 Å². The highest BCUT2D eigenvalue weighted by atomic mass is 16.5. The van der Waals surface area contributed by atoms with Crippen molar-refractivity contribution in [1.82, 2.24) is 10.3 Å². The molecule has 126 valence electrons. The van der Waals surface area contributed by atoms with Crippen molar-refractivity contribution in [3.8, 4) is 5.88 Å². The van der Waals surface area contributed by atoms with Gasteiger partial charge in [-0.1, -0.05) is 42.5 Å². The molecule has 0 spiro atoms. The van der Waals surface area contributed by atoms with E-state index in [0.29, 0.717) is 18.8 Å². The number of ether oxygens (including phenoxy) is 2. The van der Waals surface area contributed by atoms with Gasteiger partial charge in [-0.15, -0.1) is 0 Å². The Morgan fingerprint density at radius 1 is 1.29 bits per heavy atom. The number of aromatic nitrogens is 1. The lowest BCUT2D eigenvalue weighted by molar-refractivity contribution is 0.140. The molecule has 2 rings (SSSR count). The number of alkyl carbamates (subject to hydrolysis) is 1. The first-order chi connectivity index (χ1) is 11.7. The van der Waals surface area contributed by atoms with Crippen LogP contribution < -0.4 is 10.1 Å². The maximum Gasteiger partial charge on any atom is 0.407 e. The Bertz CT molecular complexity index is 684. The Balaban J connectivity index is 1.67. The first-order valence-electron chi connectivity index (χ1n) is 7.81. The van der Waals surface area contributed by atoms with E-state index < -0.39 is 6.09 Å². The molecule has 0 unspecified atom stereocenters. The number of nitrogens with zero attached hydrogens (tertiary/aromatic N) is 1. The minimum Gasteiger partial charge on any atom is -0.481 e. The molecule has 24 heavy (non-hydrogen) atoms. The largest absolute Gasteiger partial charge is 0.481 e. The summed E-state index contributed by atoms with van der Waals surface area (Å²) in [6.07, 6.45) is 6.06. The predicted molar refractivity (Wildman–Crippen MR) is 93.8 cm³/mol. The molecule has 0 radical (unpaired) electrons. The molecule has 1 aromatic heterocycles. The van der Waals surface area contributed by atoms with Crippen molar-refractivity contribution in [3.63, 3.8) is 0 Å². The van der Waals surface area contributed by atoms with Crippen molar-refractivity contribution in [2.45, 2.75) is 20.0 Å². The zero-order valence-corrected chi connectivity index (χ0v) is 14.0. The van der Waals surface area contributed by atoms with E-state index in [2.05, 4.69) is 10.3 Å². The van der Waals surface area contributed by atoms with Crippen molar-refractivity contribution < 1.29 is 14.3 Å². The lowest BCUT2D eigenvalue weighted by Crippen LogP contribution is -2.24. The van der Waals surface area contributed by atoms with Gasteiger partial charge in [0.05, 0.1) is 7.11 Å². The van der Waals surface area contributed by atoms with Crippen LogP contribution in [0.1, 0.15) is 23.1 Å². The molecule has 0 saturated heterocycles. The third-order valence-corrected chi connectivity index (χ3v) is 3.43. The highest BCUT2D eigenvalue weighted by Crippen LogP contribution is 2.14. The molecule has 2 aromatic rings. The van der Waals surface area contributed by atoms with Crippen LogP contribution >= 0.6 is 0 Å². The molecule has 0 atom stereocenters. The molecule has 0 bridgehead atoms. The number of aryl methyl sites for hydroxylation is 1. The average Bonchev–Trinajstić information content (AvgIpc) is 2.61. The molecule has 0 fully saturated rings. The highest BCUT2D eigenvalue weighted by molar-refractivity contribution is 5.67. The molecular weight excluding hydrogens is 304 g/mol. The lowest BCUT2D eigenvalue weighted by Gasteiger charge is -2.06. The van der Waals surface area contributed by atoms with Crippen molar-refractivity contribution in [2.24, 2.45) is 0 Å². The summed E-state index contributed by atoms with van der Waals surface area (Å²) in [5.41, 5.74) is 3.09. The van der Waals surface area contributed by atoms with Gasteiger partial charge in [0.15, 0.2) is 0 Å². The van der Waals surface area contributed by atoms with E-state index in [9.17, 15) is 4.79 Å². The third kappa shape index (κ3) is 5.76. The number of carbonyl (C=O) groups excluding carboxylic acids is 1. The number of hydrogen-bond donors (Lipinski definition) is 1. The van der Waals surface area contributed by atoms with Gasteiger partial charge >= 0.3 is 6.09 Å². The standard InChI is InChI=1S/C19H22N2O3/c1-15-12-18(23-2)21-13-17(15)10-6-7-11-20-19(22)24-14-16-8-4-3-5-9-16/h3-6,8-10,12-13H,7,11,14H2,1-2H3,(H,20,22). The summed E-state index contributed by atoms with van der Waals surface area (Å²) in [5, 5.41) is 2.72. The summed E-state index contributed by atoms with van der Waals surface area (Å²) >= 11 is 0. The lowest BCUT2D eigenvalue weighted by atomic mass is 10.1. The molecule has 5 heteroatoms. The van der Waals surface area contributed by atoms with E-state index in [1.165, 1.54) is 0 Å². The fraction of sp³-hybridized carbons (Fsp3) is 0.263. The van der Waals surface area contributed by atoms with Crippen LogP contribution in [0.5, 0.6) is 5.88 Å². The summed E-state index contributed by atoms with van der Waals surface area (Å²) in [7, 11) is 1.60. The summed E-state index contributed by atoms with van der Waals surface area (Å²) in [5.74, 6) is 0.604. The molecule has 5 nitrogen and oxygen atoms in total. The van der Waals surface area contributed by atoms with Gasteiger partial charge in [-0.25, -0.2) is 9.78 Å². The van der Waals surface area contributed by atoms with Crippen LogP contribution in [-0.2, 0) is 11.3 Å². The van der Waals surface area contributed by atoms with Crippen LogP contribution in [-0.4, -0.2) is 24.7 Å². The molecule has 1 aromatic carbocycles. The molecule has 0 aliphatic rings. The second-order valence-corrected chi connectivity index (χ2v) is 5.26. The Kier molecular flexibility index (Phi) is 6.83. The predicted octanol–water partition coefficient (Wildman–Crippen LogP) is 3.73. The minimum atomic E-state index is -0.408. The smallest absolute Gasteiger partial charge is 0.407 e. The van der Waals surface area contributed by atoms with Gasteiger partial charge in [-0.2, -0.15) is 0 Å². The van der Waals surface area contributed by atoms with Gasteiger partial charge in [-0.3, -0.25) is 0 Å². The van der Waals surface area contributed by atoms with E-state index >= 15 is 0 Å². The van der Waals surface area contributed by atoms with Gasteiger partial charge in [0.25, 0.3) is 0 Å². The van der Waals surface area contributed by atoms with Crippen LogP contribution in [0.25, 0.3) is 6.08 Å². The Labute approximate surface area is 142 Å². The number of nitrogens with one attached hydrogen (secondary N) is 1. The summed E-state index contributed by atoms with van der Waals surface area (Å²) in [6.45, 7) is 2.80. The van der Waals surface area contributed by atoms with E-state index in [4.69, 9.17) is 9.47 Å². The maximum absolute atomic E-state index is 11.6. The Hall–Kier alpha value is -2.82. The zero-order valence-electron chi connectivity index (χ0n) is 14.0. The first kappa shape index (κ1) is 17.5. The number of hydrogen-bond acceptors (Lipinski definition) is 4. The SMILES string of the molecule is COc1cc(C)c(C=CCCNC(=O)OCc2ccccc2)cn1. The topological polar surface area (TPSA) is 60.5 Å². The van der Waals surface area contributed by atoms with Crippen LogP contribution in [0.2, 0.25) is 0 Å². The number of pyridine rings is 1. The summed E-state index contributed by atoms with van der Waals surface area (Å²) < 4.78 is 10.2. The zero-order chi connectivity index (χ0) is 17.2. The van der Waals surface area contributed by atoms with Crippen molar-refractivity contribution in [3.05, 3.63) is 65.4 Å². The number of amides is 1. The Morgan fingerprint density at radius 2 is 2.08 bits per heavy atom. The molecule has 0 aliphatic carbocycles. The van der Waals surface area contributed by atoms with Crippen LogP contribution in [0.15, 0.2) is 48.7 Å². The monoisotopic (exact) mass is 326 g/mol. The molecule has 1 N–H and O–H groups in total. The van der Waals surface area contributed by atoms with Crippen molar-refractivity contribution in [1.29, 1.82) is 0 Å². The Morgan fingerprint density at radius 3 is 2.79 bits per heavy atom. The van der Waals surface area contributed by atoms with E-state index in [-0.39, 0.29) is 6.61 Å². The van der Waals surface area contributed by atoms with E-state index in [1.54, 1.807) is 13.3 Å². The number of rotatable bonds is 7. The van der Waals surface area contributed by atoms with E-state index in [1.807, 2.05) is 55.5 Å². The second-order valence-electron chi connectivity index (χ2n) is 5.26. The van der Waals surface area contributed by atoms with Crippen LogP contribution in [0.3, 0.4) is 0 Å². The summed E-state index contributed by atoms with van der Waals surface area (Å²) in [6, 6.07) is 11.5. The third-order valence-electron chi connectivity index (χ3n) is 3.43. The quantitative estimate of drug-likeness (QED) is 0.788. The number of carbonyl (C=O) groups is 1. The van der Waals surface area contributed by atoms with Gasteiger partial charge in [-0.05, 0) is 30.0 Å². The molecule has 0 aliphatic heterocycles.